The Kier molecular flexibility index (Phi) is 5.39. The molecule has 0 aliphatic rings. The number of ketones is 1. The Bertz CT molecular complexity index is 930. The van der Waals surface area contributed by atoms with Gasteiger partial charge in [0.25, 0.3) is 0 Å². The number of furan rings is 1. The van der Waals surface area contributed by atoms with E-state index in [1.54, 1.807) is 18.2 Å². The molecular weight excluding hydrogens is 356 g/mol. The molecule has 3 rings (SSSR count). The molecule has 5 nitrogen and oxygen atoms in total. The lowest BCUT2D eigenvalue weighted by Crippen LogP contribution is -2.14. The van der Waals surface area contributed by atoms with Crippen LogP contribution in [0.2, 0.25) is 5.02 Å². The summed E-state index contributed by atoms with van der Waals surface area (Å²) in [6, 6.07) is 15.6. The van der Waals surface area contributed by atoms with Gasteiger partial charge in [-0.3, -0.25) is 4.79 Å². The number of carbonyl (C=O) groups excluding carboxylic acids is 2. The van der Waals surface area contributed by atoms with E-state index in [-0.39, 0.29) is 11.5 Å². The Hall–Kier alpha value is -3.05. The number of esters is 1. The number of benzene rings is 2. The van der Waals surface area contributed by atoms with E-state index in [0.29, 0.717) is 21.9 Å². The maximum atomic E-state index is 12.3. The molecule has 0 spiro atoms. The highest BCUT2D eigenvalue weighted by Gasteiger charge is 2.20. The molecule has 0 amide bonds. The van der Waals surface area contributed by atoms with Gasteiger partial charge in [-0.25, -0.2) is 4.79 Å². The highest BCUT2D eigenvalue weighted by atomic mass is 35.5. The Morgan fingerprint density at radius 3 is 2.54 bits per heavy atom. The van der Waals surface area contributed by atoms with Crippen molar-refractivity contribution in [3.8, 4) is 16.9 Å². The van der Waals surface area contributed by atoms with Crippen LogP contribution in [0.5, 0.6) is 5.75 Å². The van der Waals surface area contributed by atoms with E-state index in [2.05, 4.69) is 0 Å². The maximum absolute atomic E-state index is 12.3. The van der Waals surface area contributed by atoms with E-state index in [9.17, 15) is 9.59 Å². The number of Topliss-reactive ketones (excluding diaryl/α,β-unsaturated/α-hetero) is 1. The zero-order valence-corrected chi connectivity index (χ0v) is 14.7. The summed E-state index contributed by atoms with van der Waals surface area (Å²) in [4.78, 5) is 24.5. The molecule has 0 aliphatic carbocycles. The third-order valence-corrected chi connectivity index (χ3v) is 4.04. The zero-order valence-electron chi connectivity index (χ0n) is 13.9. The minimum Gasteiger partial charge on any atom is -0.495 e. The number of hydrogen-bond donors (Lipinski definition) is 0. The lowest BCUT2D eigenvalue weighted by molar-refractivity contribution is 0.0445. The molecule has 1 aromatic heterocycles. The number of methoxy groups -OCH3 is 1. The van der Waals surface area contributed by atoms with Crippen molar-refractivity contribution in [3.63, 3.8) is 0 Å². The molecule has 1 heterocycles. The molecule has 26 heavy (non-hydrogen) atoms. The van der Waals surface area contributed by atoms with Crippen LogP contribution in [0.1, 0.15) is 20.9 Å². The predicted molar refractivity (Wildman–Crippen MR) is 96.8 cm³/mol. The molecule has 0 unspecified atom stereocenters. The second-order valence-electron chi connectivity index (χ2n) is 5.38. The number of hydrogen-bond acceptors (Lipinski definition) is 5. The van der Waals surface area contributed by atoms with Crippen LogP contribution in [0.3, 0.4) is 0 Å². The standard InChI is InChI=1S/C20H15ClO5/c1-24-18-8-7-14(11-16(18)21)17(22)12-26-20(23)19-15(9-10-25-19)13-5-3-2-4-6-13/h2-11H,12H2,1H3. The van der Waals surface area contributed by atoms with Crippen LogP contribution < -0.4 is 4.74 Å². The molecule has 0 saturated carbocycles. The fourth-order valence-corrected chi connectivity index (χ4v) is 2.69. The molecule has 0 bridgehead atoms. The number of rotatable bonds is 6. The normalized spacial score (nSPS) is 10.4. The van der Waals surface area contributed by atoms with Crippen molar-refractivity contribution in [2.24, 2.45) is 0 Å². The van der Waals surface area contributed by atoms with Gasteiger partial charge in [0.15, 0.2) is 12.4 Å². The average molecular weight is 371 g/mol. The Morgan fingerprint density at radius 1 is 1.08 bits per heavy atom. The molecule has 3 aromatic rings. The minimum absolute atomic E-state index is 0.0526. The van der Waals surface area contributed by atoms with Crippen molar-refractivity contribution in [2.75, 3.05) is 13.7 Å². The third-order valence-electron chi connectivity index (χ3n) is 3.74. The van der Waals surface area contributed by atoms with Gasteiger partial charge < -0.3 is 13.9 Å². The Morgan fingerprint density at radius 2 is 1.85 bits per heavy atom. The maximum Gasteiger partial charge on any atom is 0.375 e. The van der Waals surface area contributed by atoms with Crippen LogP contribution in [-0.4, -0.2) is 25.5 Å². The first-order valence-electron chi connectivity index (χ1n) is 7.77. The van der Waals surface area contributed by atoms with Crippen LogP contribution >= 0.6 is 11.6 Å². The summed E-state index contributed by atoms with van der Waals surface area (Å²) in [7, 11) is 1.48. The summed E-state index contributed by atoms with van der Waals surface area (Å²) >= 11 is 6.01. The van der Waals surface area contributed by atoms with Crippen molar-refractivity contribution in [1.29, 1.82) is 0 Å². The van der Waals surface area contributed by atoms with Crippen molar-refractivity contribution in [1.82, 2.24) is 0 Å². The lowest BCUT2D eigenvalue weighted by Gasteiger charge is -2.07. The van der Waals surface area contributed by atoms with Crippen molar-refractivity contribution in [2.45, 2.75) is 0 Å². The van der Waals surface area contributed by atoms with Gasteiger partial charge in [-0.1, -0.05) is 41.9 Å². The Balaban J connectivity index is 1.69. The topological polar surface area (TPSA) is 65.7 Å². The van der Waals surface area contributed by atoms with Gasteiger partial charge in [-0.15, -0.1) is 0 Å². The highest BCUT2D eigenvalue weighted by molar-refractivity contribution is 6.32. The smallest absolute Gasteiger partial charge is 0.375 e. The predicted octanol–water partition coefficient (Wildman–Crippen LogP) is 4.65. The summed E-state index contributed by atoms with van der Waals surface area (Å²) in [5, 5.41) is 0.307. The molecular formula is C20H15ClO5. The van der Waals surface area contributed by atoms with Crippen LogP contribution in [0, 0.1) is 0 Å². The quantitative estimate of drug-likeness (QED) is 0.467. The second-order valence-corrected chi connectivity index (χ2v) is 5.79. The van der Waals surface area contributed by atoms with Crippen LogP contribution in [0.15, 0.2) is 65.3 Å². The van der Waals surface area contributed by atoms with E-state index in [4.69, 9.17) is 25.5 Å². The summed E-state index contributed by atoms with van der Waals surface area (Å²) in [5.41, 5.74) is 1.75. The average Bonchev–Trinajstić information content (AvgIpc) is 3.16. The zero-order chi connectivity index (χ0) is 18.5. The number of carbonyl (C=O) groups is 2. The molecule has 2 aromatic carbocycles. The van der Waals surface area contributed by atoms with E-state index < -0.39 is 12.6 Å². The monoisotopic (exact) mass is 370 g/mol. The van der Waals surface area contributed by atoms with Gasteiger partial charge in [-0.2, -0.15) is 0 Å². The largest absolute Gasteiger partial charge is 0.495 e. The van der Waals surface area contributed by atoms with Gasteiger partial charge in [0.2, 0.25) is 5.76 Å². The molecule has 0 atom stereocenters. The molecule has 0 N–H and O–H groups in total. The van der Waals surface area contributed by atoms with E-state index in [1.807, 2.05) is 30.3 Å². The van der Waals surface area contributed by atoms with Gasteiger partial charge in [-0.05, 0) is 29.8 Å². The minimum atomic E-state index is -0.707. The van der Waals surface area contributed by atoms with Gasteiger partial charge in [0, 0.05) is 11.1 Å². The van der Waals surface area contributed by atoms with Gasteiger partial charge in [0.1, 0.15) is 5.75 Å². The van der Waals surface area contributed by atoms with Crippen LogP contribution in [-0.2, 0) is 4.74 Å². The summed E-state index contributed by atoms with van der Waals surface area (Å²) in [6.07, 6.45) is 1.41. The SMILES string of the molecule is COc1ccc(C(=O)COC(=O)c2occc2-c2ccccc2)cc1Cl. The lowest BCUT2D eigenvalue weighted by atomic mass is 10.1. The molecule has 0 aliphatic heterocycles. The Labute approximate surface area is 155 Å². The van der Waals surface area contributed by atoms with E-state index in [1.165, 1.54) is 19.4 Å². The van der Waals surface area contributed by atoms with Gasteiger partial charge >= 0.3 is 5.97 Å². The van der Waals surface area contributed by atoms with Crippen LogP contribution in [0.25, 0.3) is 11.1 Å². The third kappa shape index (κ3) is 3.78. The van der Waals surface area contributed by atoms with E-state index >= 15 is 0 Å². The molecule has 0 saturated heterocycles. The van der Waals surface area contributed by atoms with Crippen LogP contribution in [0.4, 0.5) is 0 Å². The number of ether oxygens (including phenoxy) is 2. The summed E-state index contributed by atoms with van der Waals surface area (Å²) < 4.78 is 15.4. The van der Waals surface area contributed by atoms with Crippen molar-refractivity contribution >= 4 is 23.4 Å². The first kappa shape index (κ1) is 17.8. The fourth-order valence-electron chi connectivity index (χ4n) is 2.43. The number of halogens is 1. The summed E-state index contributed by atoms with van der Waals surface area (Å²) in [5.74, 6) is -0.572. The molecule has 0 radical (unpaired) electrons. The molecule has 0 fully saturated rings. The van der Waals surface area contributed by atoms with Gasteiger partial charge in [0.05, 0.1) is 18.4 Å². The highest BCUT2D eigenvalue weighted by Crippen LogP contribution is 2.26. The first-order chi connectivity index (χ1) is 12.6. The van der Waals surface area contributed by atoms with Crippen molar-refractivity contribution < 1.29 is 23.5 Å². The second kappa shape index (κ2) is 7.89. The molecule has 132 valence electrons. The summed E-state index contributed by atoms with van der Waals surface area (Å²) in [6.45, 7) is -0.420. The fraction of sp³-hybridized carbons (Fsp3) is 0.100. The first-order valence-corrected chi connectivity index (χ1v) is 8.14. The molecule has 6 heteroatoms. The van der Waals surface area contributed by atoms with Crippen molar-refractivity contribution in [3.05, 3.63) is 77.2 Å². The van der Waals surface area contributed by atoms with E-state index in [0.717, 1.165) is 5.56 Å².